The van der Waals surface area contributed by atoms with Crippen molar-refractivity contribution in [2.45, 2.75) is 39.7 Å². The number of nitrogens with one attached hydrogen (secondary N) is 1. The molecule has 0 fully saturated rings. The molecule has 0 aliphatic carbocycles. The molecular formula is C14H22BrN. The van der Waals surface area contributed by atoms with Gasteiger partial charge in [0.05, 0.1) is 0 Å². The molecule has 0 spiro atoms. The van der Waals surface area contributed by atoms with E-state index in [-0.39, 0.29) is 0 Å². The summed E-state index contributed by atoms with van der Waals surface area (Å²) in [6.45, 7) is 6.68. The molecule has 0 saturated carbocycles. The highest BCUT2D eigenvalue weighted by molar-refractivity contribution is 9.10. The Kier molecular flexibility index (Phi) is 5.50. The lowest BCUT2D eigenvalue weighted by Crippen LogP contribution is -2.24. The maximum atomic E-state index is 3.58. The van der Waals surface area contributed by atoms with Gasteiger partial charge in [-0.15, -0.1) is 0 Å². The Balaban J connectivity index is 3.02. The molecule has 0 saturated heterocycles. The first-order valence-corrected chi connectivity index (χ1v) is 6.86. The van der Waals surface area contributed by atoms with Crippen molar-refractivity contribution >= 4 is 15.9 Å². The number of hydrogen-bond acceptors (Lipinski definition) is 1. The molecule has 1 nitrogen and oxygen atoms in total. The summed E-state index contributed by atoms with van der Waals surface area (Å²) in [7, 11) is 2.05. The largest absolute Gasteiger partial charge is 0.313 e. The van der Waals surface area contributed by atoms with Crippen molar-refractivity contribution in [1.29, 1.82) is 0 Å². The van der Waals surface area contributed by atoms with Crippen molar-refractivity contribution in [3.05, 3.63) is 33.8 Å². The van der Waals surface area contributed by atoms with Gasteiger partial charge in [0, 0.05) is 10.5 Å². The van der Waals surface area contributed by atoms with Crippen molar-refractivity contribution in [2.24, 2.45) is 5.92 Å². The average Bonchev–Trinajstić information content (AvgIpc) is 2.24. The highest BCUT2D eigenvalue weighted by Crippen LogP contribution is 2.29. The summed E-state index contributed by atoms with van der Waals surface area (Å²) in [6.07, 6.45) is 2.43. The highest BCUT2D eigenvalue weighted by atomic mass is 79.9. The number of rotatable bonds is 5. The third kappa shape index (κ3) is 3.33. The quantitative estimate of drug-likeness (QED) is 0.842. The zero-order valence-corrected chi connectivity index (χ0v) is 12.3. The smallest absolute Gasteiger partial charge is 0.0346 e. The monoisotopic (exact) mass is 283 g/mol. The van der Waals surface area contributed by atoms with Crippen LogP contribution in [0.25, 0.3) is 0 Å². The van der Waals surface area contributed by atoms with Crippen LogP contribution in [-0.4, -0.2) is 7.05 Å². The molecule has 0 aromatic heterocycles. The van der Waals surface area contributed by atoms with Crippen molar-refractivity contribution in [1.82, 2.24) is 5.32 Å². The summed E-state index contributed by atoms with van der Waals surface area (Å²) in [5, 5.41) is 3.45. The Morgan fingerprint density at radius 2 is 1.81 bits per heavy atom. The first-order chi connectivity index (χ1) is 7.62. The Morgan fingerprint density at radius 1 is 1.19 bits per heavy atom. The van der Waals surface area contributed by atoms with E-state index in [2.05, 4.69) is 67.3 Å². The van der Waals surface area contributed by atoms with Crippen molar-refractivity contribution in [2.75, 3.05) is 7.05 Å². The standard InChI is InChI=1S/C14H22BrN/c1-5-11(6-2)14(16-4)12-7-10(3)8-13(15)9-12/h7-9,11,14,16H,5-6H2,1-4H3. The molecule has 1 rings (SSSR count). The summed E-state index contributed by atoms with van der Waals surface area (Å²) < 4.78 is 1.17. The van der Waals surface area contributed by atoms with Crippen LogP contribution in [0.1, 0.15) is 43.9 Å². The third-order valence-electron chi connectivity index (χ3n) is 3.25. The Bertz CT molecular complexity index is 311. The van der Waals surface area contributed by atoms with Crippen LogP contribution >= 0.6 is 15.9 Å². The SMILES string of the molecule is CCC(CC)C(NC)c1cc(C)cc(Br)c1. The fraction of sp³-hybridized carbons (Fsp3) is 0.571. The van der Waals surface area contributed by atoms with Gasteiger partial charge >= 0.3 is 0 Å². The molecule has 1 aromatic rings. The van der Waals surface area contributed by atoms with Gasteiger partial charge in [-0.25, -0.2) is 0 Å². The lowest BCUT2D eigenvalue weighted by atomic mass is 9.88. The molecule has 1 aromatic carbocycles. The van der Waals surface area contributed by atoms with Crippen LogP contribution in [0.2, 0.25) is 0 Å². The molecule has 2 heteroatoms. The lowest BCUT2D eigenvalue weighted by Gasteiger charge is -2.26. The fourth-order valence-electron chi connectivity index (χ4n) is 2.38. The van der Waals surface area contributed by atoms with E-state index in [0.29, 0.717) is 12.0 Å². The minimum absolute atomic E-state index is 0.464. The van der Waals surface area contributed by atoms with E-state index in [1.807, 2.05) is 0 Å². The van der Waals surface area contributed by atoms with Gasteiger partial charge in [-0.05, 0) is 43.1 Å². The van der Waals surface area contributed by atoms with Gasteiger partial charge < -0.3 is 5.32 Å². The summed E-state index contributed by atoms with van der Waals surface area (Å²) in [6, 6.07) is 7.13. The number of halogens is 1. The number of aryl methyl sites for hydroxylation is 1. The van der Waals surface area contributed by atoms with Crippen LogP contribution < -0.4 is 5.32 Å². The van der Waals surface area contributed by atoms with Crippen LogP contribution in [0.3, 0.4) is 0 Å². The minimum atomic E-state index is 0.464. The molecule has 0 aliphatic rings. The van der Waals surface area contributed by atoms with Gasteiger partial charge in [-0.3, -0.25) is 0 Å². The molecular weight excluding hydrogens is 262 g/mol. The van der Waals surface area contributed by atoms with E-state index in [0.717, 1.165) is 0 Å². The van der Waals surface area contributed by atoms with Gasteiger partial charge in [0.2, 0.25) is 0 Å². The molecule has 16 heavy (non-hydrogen) atoms. The average molecular weight is 284 g/mol. The zero-order chi connectivity index (χ0) is 12.1. The molecule has 1 N–H and O–H groups in total. The maximum absolute atomic E-state index is 3.58. The third-order valence-corrected chi connectivity index (χ3v) is 3.71. The van der Waals surface area contributed by atoms with Crippen molar-refractivity contribution in [3.8, 4) is 0 Å². The summed E-state index contributed by atoms with van der Waals surface area (Å²) in [4.78, 5) is 0. The van der Waals surface area contributed by atoms with E-state index >= 15 is 0 Å². The minimum Gasteiger partial charge on any atom is -0.313 e. The van der Waals surface area contributed by atoms with Crippen LogP contribution in [0.15, 0.2) is 22.7 Å². The van der Waals surface area contributed by atoms with Crippen LogP contribution in [0.4, 0.5) is 0 Å². The normalized spacial score (nSPS) is 13.1. The van der Waals surface area contributed by atoms with Gasteiger partial charge in [-0.1, -0.05) is 48.7 Å². The van der Waals surface area contributed by atoms with Crippen molar-refractivity contribution < 1.29 is 0 Å². The molecule has 0 bridgehead atoms. The van der Waals surface area contributed by atoms with Crippen molar-refractivity contribution in [3.63, 3.8) is 0 Å². The Hall–Kier alpha value is -0.340. The second-order valence-corrected chi connectivity index (χ2v) is 5.32. The maximum Gasteiger partial charge on any atom is 0.0346 e. The molecule has 90 valence electrons. The summed E-state index contributed by atoms with van der Waals surface area (Å²) >= 11 is 3.58. The highest BCUT2D eigenvalue weighted by Gasteiger charge is 2.18. The predicted octanol–water partition coefficient (Wildman–Crippen LogP) is 4.45. The molecule has 0 radical (unpaired) electrons. The van der Waals surface area contributed by atoms with Gasteiger partial charge in [0.25, 0.3) is 0 Å². The zero-order valence-electron chi connectivity index (χ0n) is 10.7. The van der Waals surface area contributed by atoms with E-state index in [1.54, 1.807) is 0 Å². The van der Waals surface area contributed by atoms with Gasteiger partial charge in [0.1, 0.15) is 0 Å². The van der Waals surface area contributed by atoms with Gasteiger partial charge in [-0.2, -0.15) is 0 Å². The molecule has 1 unspecified atom stereocenters. The number of hydrogen-bond donors (Lipinski definition) is 1. The topological polar surface area (TPSA) is 12.0 Å². The fourth-order valence-corrected chi connectivity index (χ4v) is 3.00. The molecule has 1 atom stereocenters. The second-order valence-electron chi connectivity index (χ2n) is 4.40. The number of benzene rings is 1. The molecule has 0 aliphatic heterocycles. The van der Waals surface area contributed by atoms with Crippen LogP contribution in [0, 0.1) is 12.8 Å². The Labute approximate surface area is 108 Å². The Morgan fingerprint density at radius 3 is 2.25 bits per heavy atom. The van der Waals surface area contributed by atoms with E-state index in [1.165, 1.54) is 28.4 Å². The molecule has 0 amide bonds. The van der Waals surface area contributed by atoms with E-state index in [4.69, 9.17) is 0 Å². The van der Waals surface area contributed by atoms with E-state index in [9.17, 15) is 0 Å². The predicted molar refractivity (Wildman–Crippen MR) is 74.8 cm³/mol. The first-order valence-electron chi connectivity index (χ1n) is 6.06. The van der Waals surface area contributed by atoms with Gasteiger partial charge in [0.15, 0.2) is 0 Å². The first kappa shape index (κ1) is 13.7. The van der Waals surface area contributed by atoms with Crippen LogP contribution in [0.5, 0.6) is 0 Å². The summed E-state index contributed by atoms with van der Waals surface area (Å²) in [5.74, 6) is 0.707. The van der Waals surface area contributed by atoms with E-state index < -0.39 is 0 Å². The second kappa shape index (κ2) is 6.41. The van der Waals surface area contributed by atoms with Crippen LogP contribution in [-0.2, 0) is 0 Å². The lowest BCUT2D eigenvalue weighted by molar-refractivity contribution is 0.359. The molecule has 0 heterocycles. The summed E-state index contributed by atoms with van der Waals surface area (Å²) in [5.41, 5.74) is 2.71.